The van der Waals surface area contributed by atoms with Gasteiger partial charge in [0.15, 0.2) is 11.5 Å². The summed E-state index contributed by atoms with van der Waals surface area (Å²) >= 11 is 6.16. The Hall–Kier alpha value is -5.86. The molecule has 0 spiro atoms. The summed E-state index contributed by atoms with van der Waals surface area (Å²) in [5.41, 5.74) is 12.5. The van der Waals surface area contributed by atoms with Gasteiger partial charge in [0.05, 0.1) is 16.7 Å². The number of nitrogens with zero attached hydrogens (tertiary/aromatic N) is 5. The molecule has 3 aromatic heterocycles. The molecule has 0 bridgehead atoms. The minimum Gasteiger partial charge on any atom is -0.366 e. The van der Waals surface area contributed by atoms with Crippen LogP contribution in [0, 0.1) is 0 Å². The Kier molecular flexibility index (Phi) is 5.95. The van der Waals surface area contributed by atoms with E-state index in [9.17, 15) is 4.79 Å². The summed E-state index contributed by atoms with van der Waals surface area (Å²) in [7, 11) is 0. The van der Waals surface area contributed by atoms with Crippen LogP contribution in [0.1, 0.15) is 10.4 Å². The molecule has 0 aliphatic rings. The highest BCUT2D eigenvalue weighted by molar-refractivity contribution is 6.30. The highest BCUT2D eigenvalue weighted by Crippen LogP contribution is 2.34. The van der Waals surface area contributed by atoms with Crippen LogP contribution in [0.15, 0.2) is 115 Å². The van der Waals surface area contributed by atoms with Gasteiger partial charge in [-0.1, -0.05) is 84.4 Å². The quantitative estimate of drug-likeness (QED) is 0.211. The lowest BCUT2D eigenvalue weighted by atomic mass is 10.0. The number of imidazole rings is 1. The molecule has 8 rings (SSSR count). The van der Waals surface area contributed by atoms with Crippen molar-refractivity contribution in [1.82, 2.24) is 24.8 Å². The van der Waals surface area contributed by atoms with E-state index in [2.05, 4.69) is 27.6 Å². The molecule has 0 saturated carbocycles. The normalized spacial score (nSPS) is 11.5. The molecule has 0 atom stereocenters. The van der Waals surface area contributed by atoms with Gasteiger partial charge < -0.3 is 11.1 Å². The Morgan fingerprint density at radius 2 is 1.34 bits per heavy atom. The molecule has 9 heteroatoms. The maximum Gasteiger partial charge on any atom is 0.248 e. The van der Waals surface area contributed by atoms with Crippen molar-refractivity contribution in [2.24, 2.45) is 5.73 Å². The van der Waals surface area contributed by atoms with E-state index in [1.165, 1.54) is 0 Å². The number of benzene rings is 5. The molecule has 8 aromatic rings. The van der Waals surface area contributed by atoms with Crippen molar-refractivity contribution in [3.05, 3.63) is 126 Å². The average Bonchev–Trinajstić information content (AvgIpc) is 3.43. The Morgan fingerprint density at radius 3 is 2.07 bits per heavy atom. The zero-order valence-electron chi connectivity index (χ0n) is 23.1. The number of hydrogen-bond acceptors (Lipinski definition) is 6. The summed E-state index contributed by atoms with van der Waals surface area (Å²) in [6, 6.07) is 36.9. The van der Waals surface area contributed by atoms with E-state index in [0.29, 0.717) is 22.1 Å². The van der Waals surface area contributed by atoms with Gasteiger partial charge in [0, 0.05) is 48.9 Å². The highest BCUT2D eigenvalue weighted by atomic mass is 35.5. The number of nitrogens with one attached hydrogen (secondary N) is 1. The van der Waals surface area contributed by atoms with Crippen LogP contribution in [-0.2, 0) is 0 Å². The molecule has 44 heavy (non-hydrogen) atoms. The van der Waals surface area contributed by atoms with E-state index in [4.69, 9.17) is 27.4 Å². The van der Waals surface area contributed by atoms with Crippen LogP contribution < -0.4 is 11.1 Å². The molecule has 8 nitrogen and oxygen atoms in total. The predicted octanol–water partition coefficient (Wildman–Crippen LogP) is 7.81. The smallest absolute Gasteiger partial charge is 0.248 e. The van der Waals surface area contributed by atoms with Gasteiger partial charge in [-0.15, -0.1) is 10.2 Å². The zero-order chi connectivity index (χ0) is 29.8. The van der Waals surface area contributed by atoms with Crippen molar-refractivity contribution in [3.8, 4) is 22.5 Å². The first-order valence-corrected chi connectivity index (χ1v) is 14.3. The fourth-order valence-electron chi connectivity index (χ4n) is 5.62. The molecule has 3 N–H and O–H groups in total. The van der Waals surface area contributed by atoms with Crippen molar-refractivity contribution in [3.63, 3.8) is 0 Å². The summed E-state index contributed by atoms with van der Waals surface area (Å²) < 4.78 is 1.90. The van der Waals surface area contributed by atoms with Crippen LogP contribution in [0.5, 0.6) is 0 Å². The largest absolute Gasteiger partial charge is 0.366 e. The molecular weight excluding hydrogens is 570 g/mol. The molecule has 0 unspecified atom stereocenters. The molecule has 0 saturated heterocycles. The second-order valence-electron chi connectivity index (χ2n) is 10.5. The highest BCUT2D eigenvalue weighted by Gasteiger charge is 2.16. The summed E-state index contributed by atoms with van der Waals surface area (Å²) in [6.07, 6.45) is 0. The maximum absolute atomic E-state index is 11.5. The third-order valence-corrected chi connectivity index (χ3v) is 8.02. The van der Waals surface area contributed by atoms with Crippen molar-refractivity contribution in [2.75, 3.05) is 5.32 Å². The van der Waals surface area contributed by atoms with E-state index in [1.54, 1.807) is 12.1 Å². The lowest BCUT2D eigenvalue weighted by Gasteiger charge is -2.11. The van der Waals surface area contributed by atoms with Crippen LogP contribution in [-0.4, -0.2) is 30.7 Å². The van der Waals surface area contributed by atoms with Crippen LogP contribution in [0.25, 0.3) is 60.7 Å². The van der Waals surface area contributed by atoms with Crippen molar-refractivity contribution >= 4 is 67.2 Å². The van der Waals surface area contributed by atoms with Crippen LogP contribution in [0.4, 0.5) is 11.5 Å². The second kappa shape index (κ2) is 10.1. The van der Waals surface area contributed by atoms with Gasteiger partial charge in [-0.05, 0) is 42.5 Å². The van der Waals surface area contributed by atoms with Gasteiger partial charge in [-0.3, -0.25) is 4.79 Å². The summed E-state index contributed by atoms with van der Waals surface area (Å²) in [6.45, 7) is 0. The fraction of sp³-hybridized carbons (Fsp3) is 0. The molecule has 0 fully saturated rings. The van der Waals surface area contributed by atoms with Crippen molar-refractivity contribution in [2.45, 2.75) is 0 Å². The third-order valence-electron chi connectivity index (χ3n) is 7.76. The molecular formula is C35H22ClN7O. The zero-order valence-corrected chi connectivity index (χ0v) is 23.8. The summed E-state index contributed by atoms with van der Waals surface area (Å²) in [4.78, 5) is 16.5. The molecule has 1 amide bonds. The summed E-state index contributed by atoms with van der Waals surface area (Å²) in [5.74, 6) is 0.149. The number of hydrogen-bond donors (Lipinski definition) is 2. The topological polar surface area (TPSA) is 111 Å². The minimum absolute atomic E-state index is 0.441. The van der Waals surface area contributed by atoms with Gasteiger partial charge in [-0.25, -0.2) is 9.50 Å². The van der Waals surface area contributed by atoms with Gasteiger partial charge in [0.25, 0.3) is 0 Å². The van der Waals surface area contributed by atoms with Crippen molar-refractivity contribution in [1.29, 1.82) is 0 Å². The van der Waals surface area contributed by atoms with Gasteiger partial charge in [0.1, 0.15) is 5.69 Å². The number of amides is 1. The van der Waals surface area contributed by atoms with Crippen LogP contribution in [0.3, 0.4) is 0 Å². The molecule has 0 radical (unpaired) electrons. The number of carbonyl (C=O) groups excluding carboxylic acids is 1. The third kappa shape index (κ3) is 4.28. The Labute approximate surface area is 255 Å². The number of anilines is 2. The number of aromatic nitrogens is 5. The maximum atomic E-state index is 11.5. The molecule has 0 aliphatic heterocycles. The Bertz CT molecular complexity index is 2400. The monoisotopic (exact) mass is 591 g/mol. The SMILES string of the molecule is NC(=O)c1ccc(-c2nnc(Nc3ccc4c(c3)nc3c5ccccc5c(-c5ccc(Cl)cc5)nn43)c3ccccc23)cc1. The Morgan fingerprint density at radius 1 is 0.705 bits per heavy atom. The lowest BCUT2D eigenvalue weighted by Crippen LogP contribution is -2.10. The molecule has 3 heterocycles. The summed E-state index contributed by atoms with van der Waals surface area (Å²) in [5, 5.41) is 22.1. The number of halogens is 1. The van der Waals surface area contributed by atoms with Gasteiger partial charge in [-0.2, -0.15) is 5.10 Å². The number of carbonyl (C=O) groups is 1. The van der Waals surface area contributed by atoms with Crippen LogP contribution >= 0.6 is 11.6 Å². The fourth-order valence-corrected chi connectivity index (χ4v) is 5.74. The number of fused-ring (bicyclic) bond motifs is 6. The first-order chi connectivity index (χ1) is 21.5. The molecule has 210 valence electrons. The minimum atomic E-state index is -0.472. The number of rotatable bonds is 5. The van der Waals surface area contributed by atoms with E-state index in [-0.39, 0.29) is 0 Å². The first kappa shape index (κ1) is 25.8. The Balaban J connectivity index is 1.21. The molecule has 5 aromatic carbocycles. The standard InChI is InChI=1S/C35H22ClN7O/c36-23-15-13-21(14-16-23)32-26-6-2-4-8-28(26)35-39-29-19-24(17-18-30(29)43(35)42-32)38-34-27-7-3-1-5-25(27)31(40-41-34)20-9-11-22(12-10-20)33(37)44/h1-19H,(H2,37,44)(H,38,41). The first-order valence-electron chi connectivity index (χ1n) is 13.9. The number of primary amides is 1. The predicted molar refractivity (Wildman–Crippen MR) is 175 cm³/mol. The van der Waals surface area contributed by atoms with Gasteiger partial charge >= 0.3 is 0 Å². The lowest BCUT2D eigenvalue weighted by molar-refractivity contribution is 0.100. The average molecular weight is 592 g/mol. The van der Waals surface area contributed by atoms with E-state index >= 15 is 0 Å². The van der Waals surface area contributed by atoms with E-state index in [1.807, 2.05) is 95.5 Å². The molecule has 0 aliphatic carbocycles. The van der Waals surface area contributed by atoms with Crippen LogP contribution in [0.2, 0.25) is 5.02 Å². The second-order valence-corrected chi connectivity index (χ2v) is 10.9. The van der Waals surface area contributed by atoms with E-state index in [0.717, 1.165) is 60.7 Å². The van der Waals surface area contributed by atoms with Crippen molar-refractivity contribution < 1.29 is 4.79 Å². The number of nitrogens with two attached hydrogens (primary N) is 1. The van der Waals surface area contributed by atoms with E-state index < -0.39 is 5.91 Å². The van der Waals surface area contributed by atoms with Gasteiger partial charge in [0.2, 0.25) is 5.91 Å².